The number of nitro groups is 1. The Morgan fingerprint density at radius 2 is 2.32 bits per heavy atom. The molecule has 1 aromatic heterocycles. The molecule has 112 valence electrons. The number of hydrogen-bond acceptors (Lipinski definition) is 5. The predicted octanol–water partition coefficient (Wildman–Crippen LogP) is 2.50. The van der Waals surface area contributed by atoms with E-state index in [9.17, 15) is 15.4 Å². The Labute approximate surface area is 127 Å². The van der Waals surface area contributed by atoms with E-state index in [-0.39, 0.29) is 11.7 Å². The van der Waals surface area contributed by atoms with Gasteiger partial charge >= 0.3 is 0 Å². The summed E-state index contributed by atoms with van der Waals surface area (Å²) in [6, 6.07) is 8.68. The summed E-state index contributed by atoms with van der Waals surface area (Å²) in [5, 5.41) is 24.4. The van der Waals surface area contributed by atoms with Crippen LogP contribution in [0.5, 0.6) is 0 Å². The molecule has 7 nitrogen and oxygen atoms in total. The summed E-state index contributed by atoms with van der Waals surface area (Å²) in [5.41, 5.74) is 1.04. The summed E-state index contributed by atoms with van der Waals surface area (Å²) >= 11 is 0. The van der Waals surface area contributed by atoms with Gasteiger partial charge in [0.05, 0.1) is 22.2 Å². The molecule has 0 amide bonds. The molecular formula is C15H15N5O2. The van der Waals surface area contributed by atoms with Crippen molar-refractivity contribution < 1.29 is 4.92 Å². The Hall–Kier alpha value is -2.88. The summed E-state index contributed by atoms with van der Waals surface area (Å²) in [6.45, 7) is 1.58. The van der Waals surface area contributed by atoms with E-state index in [4.69, 9.17) is 0 Å². The number of nitrogens with zero attached hydrogens (tertiary/aromatic N) is 5. The van der Waals surface area contributed by atoms with E-state index in [1.165, 1.54) is 12.1 Å². The van der Waals surface area contributed by atoms with E-state index < -0.39 is 4.92 Å². The van der Waals surface area contributed by atoms with Gasteiger partial charge in [-0.2, -0.15) is 10.4 Å². The number of hydrogen-bond donors (Lipinski definition) is 0. The van der Waals surface area contributed by atoms with E-state index in [1.807, 2.05) is 16.9 Å². The van der Waals surface area contributed by atoms with Gasteiger partial charge in [0.25, 0.3) is 5.69 Å². The van der Waals surface area contributed by atoms with E-state index in [2.05, 4.69) is 16.1 Å². The highest BCUT2D eigenvalue weighted by Crippen LogP contribution is 2.30. The number of rotatable bonds is 3. The van der Waals surface area contributed by atoms with Crippen LogP contribution < -0.4 is 4.90 Å². The van der Waals surface area contributed by atoms with Gasteiger partial charge in [-0.1, -0.05) is 0 Å². The lowest BCUT2D eigenvalue weighted by molar-refractivity contribution is -0.384. The van der Waals surface area contributed by atoms with Crippen LogP contribution in [0, 0.1) is 21.4 Å². The average Bonchev–Trinajstić information content (AvgIpc) is 3.09. The summed E-state index contributed by atoms with van der Waals surface area (Å²) in [6.07, 6.45) is 5.72. The van der Waals surface area contributed by atoms with Gasteiger partial charge < -0.3 is 4.90 Å². The van der Waals surface area contributed by atoms with Gasteiger partial charge in [0.15, 0.2) is 0 Å². The fourth-order valence-corrected chi connectivity index (χ4v) is 2.89. The SMILES string of the molecule is N#Cc1cc([N+](=O)[O-])ccc1N1CCCC(n2cccn2)C1. The zero-order valence-corrected chi connectivity index (χ0v) is 11.9. The minimum absolute atomic E-state index is 0.0547. The van der Waals surface area contributed by atoms with Gasteiger partial charge in [-0.15, -0.1) is 0 Å². The normalized spacial score (nSPS) is 18.0. The monoisotopic (exact) mass is 297 g/mol. The quantitative estimate of drug-likeness (QED) is 0.641. The first-order chi connectivity index (χ1) is 10.7. The summed E-state index contributed by atoms with van der Waals surface area (Å²) < 4.78 is 1.93. The number of nitriles is 1. The molecule has 0 N–H and O–H groups in total. The van der Waals surface area contributed by atoms with Crippen molar-refractivity contribution in [3.8, 4) is 6.07 Å². The number of benzene rings is 1. The first-order valence-corrected chi connectivity index (χ1v) is 7.11. The van der Waals surface area contributed by atoms with Crippen molar-refractivity contribution in [1.82, 2.24) is 9.78 Å². The van der Waals surface area contributed by atoms with Crippen molar-refractivity contribution in [1.29, 1.82) is 5.26 Å². The molecule has 0 aliphatic carbocycles. The second kappa shape index (κ2) is 5.85. The van der Waals surface area contributed by atoms with E-state index in [0.717, 1.165) is 31.6 Å². The topological polar surface area (TPSA) is 88.0 Å². The first kappa shape index (κ1) is 14.1. The number of anilines is 1. The van der Waals surface area contributed by atoms with Crippen molar-refractivity contribution in [2.24, 2.45) is 0 Å². The molecular weight excluding hydrogens is 282 g/mol. The Balaban J connectivity index is 1.87. The van der Waals surface area contributed by atoms with Crippen LogP contribution in [-0.2, 0) is 0 Å². The van der Waals surface area contributed by atoms with Gasteiger partial charge in [0, 0.05) is 37.6 Å². The molecule has 7 heteroatoms. The third-order valence-corrected chi connectivity index (χ3v) is 3.95. The summed E-state index contributed by atoms with van der Waals surface area (Å²) in [5.74, 6) is 0. The predicted molar refractivity (Wildman–Crippen MR) is 80.5 cm³/mol. The number of non-ortho nitro benzene ring substituents is 1. The maximum Gasteiger partial charge on any atom is 0.270 e. The third-order valence-electron chi connectivity index (χ3n) is 3.95. The molecule has 0 bridgehead atoms. The molecule has 1 aliphatic rings. The van der Waals surface area contributed by atoms with Crippen molar-refractivity contribution in [3.05, 3.63) is 52.3 Å². The molecule has 1 aliphatic heterocycles. The fourth-order valence-electron chi connectivity index (χ4n) is 2.89. The standard InChI is InChI=1S/C15H15N5O2/c16-10-12-9-13(20(21)22)4-5-15(12)18-7-1-3-14(11-18)19-8-2-6-17-19/h2,4-6,8-9,14H,1,3,7,11H2. The van der Waals surface area contributed by atoms with Gasteiger partial charge in [-0.05, 0) is 25.0 Å². The second-order valence-corrected chi connectivity index (χ2v) is 5.30. The molecule has 2 aromatic rings. The Morgan fingerprint density at radius 3 is 3.00 bits per heavy atom. The highest BCUT2D eigenvalue weighted by Gasteiger charge is 2.24. The van der Waals surface area contributed by atoms with Crippen LogP contribution in [0.1, 0.15) is 24.4 Å². The highest BCUT2D eigenvalue weighted by atomic mass is 16.6. The Bertz CT molecular complexity index is 720. The molecule has 1 aromatic carbocycles. The third kappa shape index (κ3) is 2.63. The fraction of sp³-hybridized carbons (Fsp3) is 0.333. The van der Waals surface area contributed by atoms with Gasteiger partial charge in [-0.3, -0.25) is 14.8 Å². The number of nitro benzene ring substituents is 1. The summed E-state index contributed by atoms with van der Waals surface area (Å²) in [4.78, 5) is 12.5. The zero-order valence-electron chi connectivity index (χ0n) is 11.9. The van der Waals surface area contributed by atoms with Crippen LogP contribution in [0.15, 0.2) is 36.7 Å². The van der Waals surface area contributed by atoms with Crippen LogP contribution >= 0.6 is 0 Å². The van der Waals surface area contributed by atoms with Crippen LogP contribution in [0.3, 0.4) is 0 Å². The second-order valence-electron chi connectivity index (χ2n) is 5.30. The zero-order chi connectivity index (χ0) is 15.5. The smallest absolute Gasteiger partial charge is 0.270 e. The highest BCUT2D eigenvalue weighted by molar-refractivity contribution is 5.63. The first-order valence-electron chi connectivity index (χ1n) is 7.11. The largest absolute Gasteiger partial charge is 0.368 e. The van der Waals surface area contributed by atoms with Crippen LogP contribution in [0.25, 0.3) is 0 Å². The van der Waals surface area contributed by atoms with Crippen molar-refractivity contribution in [3.63, 3.8) is 0 Å². The molecule has 0 radical (unpaired) electrons. The molecule has 0 spiro atoms. The van der Waals surface area contributed by atoms with Crippen LogP contribution in [-0.4, -0.2) is 27.8 Å². The van der Waals surface area contributed by atoms with Gasteiger partial charge in [0.2, 0.25) is 0 Å². The Kier molecular flexibility index (Phi) is 3.74. The van der Waals surface area contributed by atoms with Gasteiger partial charge in [0.1, 0.15) is 6.07 Å². The molecule has 1 saturated heterocycles. The Morgan fingerprint density at radius 1 is 1.45 bits per heavy atom. The lowest BCUT2D eigenvalue weighted by atomic mass is 10.0. The van der Waals surface area contributed by atoms with Crippen molar-refractivity contribution in [2.75, 3.05) is 18.0 Å². The lowest BCUT2D eigenvalue weighted by Gasteiger charge is -2.34. The lowest BCUT2D eigenvalue weighted by Crippen LogP contribution is -2.37. The van der Waals surface area contributed by atoms with E-state index in [0.29, 0.717) is 5.56 Å². The molecule has 0 saturated carbocycles. The molecule has 1 unspecified atom stereocenters. The minimum atomic E-state index is -0.479. The average molecular weight is 297 g/mol. The minimum Gasteiger partial charge on any atom is -0.368 e. The van der Waals surface area contributed by atoms with Crippen molar-refractivity contribution >= 4 is 11.4 Å². The molecule has 3 rings (SSSR count). The van der Waals surface area contributed by atoms with E-state index in [1.54, 1.807) is 12.3 Å². The van der Waals surface area contributed by atoms with Gasteiger partial charge in [-0.25, -0.2) is 0 Å². The van der Waals surface area contributed by atoms with Crippen molar-refractivity contribution in [2.45, 2.75) is 18.9 Å². The maximum absolute atomic E-state index is 10.8. The maximum atomic E-state index is 10.8. The number of piperidine rings is 1. The van der Waals surface area contributed by atoms with Crippen LogP contribution in [0.2, 0.25) is 0 Å². The number of aromatic nitrogens is 2. The molecule has 22 heavy (non-hydrogen) atoms. The molecule has 1 fully saturated rings. The summed E-state index contributed by atoms with van der Waals surface area (Å²) in [7, 11) is 0. The molecule has 2 heterocycles. The van der Waals surface area contributed by atoms with E-state index >= 15 is 0 Å². The molecule has 1 atom stereocenters. The van der Waals surface area contributed by atoms with Crippen LogP contribution in [0.4, 0.5) is 11.4 Å².